The third-order valence-corrected chi connectivity index (χ3v) is 5.91. The van der Waals surface area contributed by atoms with Crippen LogP contribution in [0, 0.1) is 0 Å². The average Bonchev–Trinajstić information content (AvgIpc) is 3.02. The van der Waals surface area contributed by atoms with E-state index in [1.165, 1.54) is 0 Å². The lowest BCUT2D eigenvalue weighted by atomic mass is 9.91. The molecule has 1 aliphatic rings. The molecule has 1 fully saturated rings. The second kappa shape index (κ2) is 9.56. The molecule has 8 nitrogen and oxygen atoms in total. The summed E-state index contributed by atoms with van der Waals surface area (Å²) in [4.78, 5) is 40.1. The molecule has 1 saturated carbocycles. The zero-order valence-corrected chi connectivity index (χ0v) is 18.6. The Morgan fingerprint density at radius 3 is 2.34 bits per heavy atom. The Morgan fingerprint density at radius 1 is 1.24 bits per heavy atom. The van der Waals surface area contributed by atoms with E-state index in [2.05, 4.69) is 9.69 Å². The van der Waals surface area contributed by atoms with Crippen molar-refractivity contribution in [2.75, 3.05) is 5.73 Å². The number of anilines is 1. The van der Waals surface area contributed by atoms with Gasteiger partial charge >= 0.3 is 0 Å². The first kappa shape index (κ1) is 23.1. The number of nitrogens with one attached hydrogen (secondary N) is 1. The van der Waals surface area contributed by atoms with Crippen LogP contribution in [0.2, 0.25) is 0 Å². The average molecular weight is 424 g/mol. The quantitative estimate of drug-likeness (QED) is 0.620. The summed E-state index contributed by atoms with van der Waals surface area (Å²) in [5.74, 6) is -1.28. The Hall–Kier alpha value is -2.16. The Labute approximate surface area is 176 Å². The maximum Gasteiger partial charge on any atom is 0.270 e. The van der Waals surface area contributed by atoms with Crippen LogP contribution < -0.4 is 16.8 Å². The van der Waals surface area contributed by atoms with Crippen LogP contribution in [-0.2, 0) is 4.79 Å². The van der Waals surface area contributed by atoms with Crippen molar-refractivity contribution < 1.29 is 14.4 Å². The first-order chi connectivity index (χ1) is 13.6. The Morgan fingerprint density at radius 2 is 1.86 bits per heavy atom. The van der Waals surface area contributed by atoms with Crippen molar-refractivity contribution in [3.8, 4) is 0 Å². The van der Waals surface area contributed by atoms with E-state index in [0.717, 1.165) is 50.1 Å². The summed E-state index contributed by atoms with van der Waals surface area (Å²) in [5.41, 5.74) is 10.8. The van der Waals surface area contributed by atoms with Crippen LogP contribution >= 0.6 is 11.5 Å². The lowest BCUT2D eigenvalue weighted by Gasteiger charge is -2.40. The molecule has 0 radical (unpaired) electrons. The molecule has 162 valence electrons. The van der Waals surface area contributed by atoms with E-state index < -0.39 is 17.5 Å². The molecule has 0 bridgehead atoms. The van der Waals surface area contributed by atoms with Crippen LogP contribution in [0.4, 0.5) is 5.69 Å². The number of carbonyl (C=O) groups excluding carboxylic acids is 3. The molecule has 1 aliphatic carbocycles. The fourth-order valence-corrected chi connectivity index (χ4v) is 4.54. The van der Waals surface area contributed by atoms with Crippen LogP contribution in [0.5, 0.6) is 0 Å². The number of nitrogens with two attached hydrogens (primary N) is 2. The number of amides is 3. The molecular formula is C20H33N5O3S. The molecule has 1 atom stereocenters. The highest BCUT2D eigenvalue weighted by molar-refractivity contribution is 7.09. The van der Waals surface area contributed by atoms with Gasteiger partial charge in [0.25, 0.3) is 11.8 Å². The molecule has 1 aromatic heterocycles. The largest absolute Gasteiger partial charge is 0.395 e. The minimum absolute atomic E-state index is 0.000197. The summed E-state index contributed by atoms with van der Waals surface area (Å²) < 4.78 is 3.97. The van der Waals surface area contributed by atoms with E-state index >= 15 is 0 Å². The predicted molar refractivity (Wildman–Crippen MR) is 115 cm³/mol. The number of aromatic nitrogens is 1. The van der Waals surface area contributed by atoms with E-state index in [1.807, 2.05) is 27.7 Å². The van der Waals surface area contributed by atoms with Crippen LogP contribution in [0.1, 0.15) is 92.8 Å². The van der Waals surface area contributed by atoms with E-state index in [-0.39, 0.29) is 34.1 Å². The molecule has 1 unspecified atom stereocenters. The molecular weight excluding hydrogens is 390 g/mol. The number of nitrogens with zero attached hydrogens (tertiary/aromatic N) is 2. The van der Waals surface area contributed by atoms with Gasteiger partial charge in [-0.25, -0.2) is 0 Å². The lowest BCUT2D eigenvalue weighted by molar-refractivity contribution is -0.128. The van der Waals surface area contributed by atoms with Crippen LogP contribution in [0.15, 0.2) is 0 Å². The summed E-state index contributed by atoms with van der Waals surface area (Å²) in [6, 6.07) is -0.648. The fraction of sp³-hybridized carbons (Fsp3) is 0.700. The summed E-state index contributed by atoms with van der Waals surface area (Å²) in [6.07, 6.45) is 6.14. The highest BCUT2D eigenvalue weighted by Gasteiger charge is 2.38. The number of hydrogen-bond donors (Lipinski definition) is 3. The third-order valence-electron chi connectivity index (χ3n) is 5.06. The second-order valence-electron chi connectivity index (χ2n) is 8.69. The van der Waals surface area contributed by atoms with Gasteiger partial charge in [-0.05, 0) is 51.6 Å². The Bertz CT molecular complexity index is 750. The molecule has 0 aliphatic heterocycles. The van der Waals surface area contributed by atoms with E-state index in [4.69, 9.17) is 11.5 Å². The summed E-state index contributed by atoms with van der Waals surface area (Å²) in [5, 5.41) is 3.02. The number of carbonyl (C=O) groups is 3. The first-order valence-electron chi connectivity index (χ1n) is 10.3. The topological polar surface area (TPSA) is 131 Å². The van der Waals surface area contributed by atoms with Gasteiger partial charge in [-0.2, -0.15) is 4.37 Å². The van der Waals surface area contributed by atoms with E-state index in [1.54, 1.807) is 4.90 Å². The Balaban J connectivity index is 2.45. The van der Waals surface area contributed by atoms with Crippen molar-refractivity contribution in [2.45, 2.75) is 90.3 Å². The van der Waals surface area contributed by atoms with Crippen molar-refractivity contribution in [3.63, 3.8) is 0 Å². The van der Waals surface area contributed by atoms with Gasteiger partial charge in [0.2, 0.25) is 5.91 Å². The summed E-state index contributed by atoms with van der Waals surface area (Å²) in [7, 11) is 0. The van der Waals surface area contributed by atoms with Crippen LogP contribution in [0.3, 0.4) is 0 Å². The van der Waals surface area contributed by atoms with Gasteiger partial charge in [0.05, 0.1) is 5.69 Å². The van der Waals surface area contributed by atoms with Gasteiger partial charge in [-0.15, -0.1) is 0 Å². The summed E-state index contributed by atoms with van der Waals surface area (Å²) in [6.45, 7) is 7.75. The van der Waals surface area contributed by atoms with Crippen molar-refractivity contribution >= 4 is 34.9 Å². The molecule has 0 aromatic carbocycles. The maximum absolute atomic E-state index is 13.6. The highest BCUT2D eigenvalue weighted by atomic mass is 32.1. The molecule has 29 heavy (non-hydrogen) atoms. The lowest BCUT2D eigenvalue weighted by Crippen LogP contribution is -2.57. The molecule has 2 rings (SSSR count). The monoisotopic (exact) mass is 423 g/mol. The number of nitrogen functional groups attached to an aromatic ring is 1. The molecule has 9 heteroatoms. The van der Waals surface area contributed by atoms with E-state index in [9.17, 15) is 14.4 Å². The van der Waals surface area contributed by atoms with Crippen molar-refractivity contribution in [3.05, 3.63) is 10.6 Å². The smallest absolute Gasteiger partial charge is 0.270 e. The summed E-state index contributed by atoms with van der Waals surface area (Å²) >= 11 is 0.867. The fourth-order valence-electron chi connectivity index (χ4n) is 3.79. The third kappa shape index (κ3) is 5.68. The number of rotatable bonds is 7. The molecule has 0 spiro atoms. The Kier molecular flexibility index (Phi) is 7.62. The zero-order chi connectivity index (χ0) is 21.8. The number of primary amides is 1. The van der Waals surface area contributed by atoms with Gasteiger partial charge in [-0.3, -0.25) is 14.4 Å². The minimum atomic E-state index is -0.766. The number of hydrogen-bond acceptors (Lipinski definition) is 6. The predicted octanol–water partition coefficient (Wildman–Crippen LogP) is 2.68. The first-order valence-corrected chi connectivity index (χ1v) is 11.0. The maximum atomic E-state index is 13.6. The molecule has 3 amide bonds. The molecule has 1 aromatic rings. The highest BCUT2D eigenvalue weighted by Crippen LogP contribution is 2.31. The second-order valence-corrected chi connectivity index (χ2v) is 9.46. The van der Waals surface area contributed by atoms with Crippen molar-refractivity contribution in [1.82, 2.24) is 14.6 Å². The SMILES string of the molecule is CCCC(C(=O)NC(C)(C)C)N(C(=O)c1snc(C(N)=O)c1N)C1CCCCC1. The van der Waals surface area contributed by atoms with Crippen LogP contribution in [0.25, 0.3) is 0 Å². The van der Waals surface area contributed by atoms with Gasteiger partial charge in [-0.1, -0.05) is 32.6 Å². The van der Waals surface area contributed by atoms with Gasteiger partial charge in [0, 0.05) is 11.6 Å². The normalized spacial score (nSPS) is 16.3. The van der Waals surface area contributed by atoms with Gasteiger partial charge in [0.1, 0.15) is 10.9 Å². The standard InChI is InChI=1S/C20H33N5O3S/c1-5-9-13(18(27)23-20(2,3)4)25(12-10-7-6-8-11-12)19(28)16-14(21)15(17(22)26)24-29-16/h12-13H,5-11,21H2,1-4H3,(H2,22,26)(H,23,27). The molecule has 0 saturated heterocycles. The van der Waals surface area contributed by atoms with Crippen molar-refractivity contribution in [1.29, 1.82) is 0 Å². The van der Waals surface area contributed by atoms with Gasteiger partial charge < -0.3 is 21.7 Å². The molecule has 1 heterocycles. The minimum Gasteiger partial charge on any atom is -0.395 e. The zero-order valence-electron chi connectivity index (χ0n) is 17.8. The van der Waals surface area contributed by atoms with E-state index in [0.29, 0.717) is 6.42 Å². The van der Waals surface area contributed by atoms with Gasteiger partial charge in [0.15, 0.2) is 5.69 Å². The van der Waals surface area contributed by atoms with Crippen LogP contribution in [-0.4, -0.2) is 44.6 Å². The van der Waals surface area contributed by atoms with Crippen molar-refractivity contribution in [2.24, 2.45) is 5.73 Å². The molecule has 5 N–H and O–H groups in total.